The predicted molar refractivity (Wildman–Crippen MR) is 132 cm³/mol. The predicted octanol–water partition coefficient (Wildman–Crippen LogP) is 0.724. The summed E-state index contributed by atoms with van der Waals surface area (Å²) in [6, 6.07) is 0. The first-order valence-corrected chi connectivity index (χ1v) is 12.2. The van der Waals surface area contributed by atoms with E-state index in [0.29, 0.717) is 32.3 Å². The first-order valence-electron chi connectivity index (χ1n) is 12.2. The van der Waals surface area contributed by atoms with Crippen LogP contribution in [0, 0.1) is 5.41 Å². The minimum Gasteiger partial charge on any atom is -0.395 e. The van der Waals surface area contributed by atoms with Crippen LogP contribution in [0.15, 0.2) is 12.4 Å². The Hall–Kier alpha value is -3.05. The zero-order valence-electron chi connectivity index (χ0n) is 20.7. The van der Waals surface area contributed by atoms with Gasteiger partial charge in [-0.15, -0.1) is 0 Å². The number of nitrogens with zero attached hydrogens (tertiary/aromatic N) is 7. The lowest BCUT2D eigenvalue weighted by Crippen LogP contribution is -2.50. The molecule has 2 aromatic rings. The molecule has 2 saturated heterocycles. The number of aliphatic hydroxyl groups excluding tert-OH is 1. The van der Waals surface area contributed by atoms with Crippen molar-refractivity contribution in [2.75, 3.05) is 68.1 Å². The highest BCUT2D eigenvalue weighted by molar-refractivity contribution is 5.83. The summed E-state index contributed by atoms with van der Waals surface area (Å²) in [7, 11) is 0. The molecule has 2 aromatic heterocycles. The molecule has 3 N–H and O–H groups in total. The second kappa shape index (κ2) is 8.87. The average molecular weight is 483 g/mol. The van der Waals surface area contributed by atoms with E-state index in [9.17, 15) is 9.90 Å². The van der Waals surface area contributed by atoms with E-state index in [1.807, 2.05) is 4.90 Å². The van der Waals surface area contributed by atoms with E-state index in [-0.39, 0.29) is 24.0 Å². The molecule has 0 saturated carbocycles. The fraction of sp³-hybridized carbons (Fsp3) is 0.625. The standard InChI is InChI=1S/C24H34N8O3/c1-23(2,15-33)20(34)31-7-5-24(3,14-31)32-6-4-17-18(16-12-26-21(25)27-13-16)28-22(29-19(17)32)30-8-10-35-11-9-30/h12-13,33H,4-11,14-15H2,1-3H3,(H2,25,26,27)/t24-/m0/s1. The number of hydrogen-bond donors (Lipinski definition) is 2. The summed E-state index contributed by atoms with van der Waals surface area (Å²) in [5.74, 6) is 1.79. The Bertz CT molecular complexity index is 1100. The molecular formula is C24H34N8O3. The van der Waals surface area contributed by atoms with Gasteiger partial charge in [-0.2, -0.15) is 4.98 Å². The minimum absolute atomic E-state index is 0.0143. The smallest absolute Gasteiger partial charge is 0.230 e. The van der Waals surface area contributed by atoms with E-state index >= 15 is 0 Å². The third-order valence-electron chi connectivity index (χ3n) is 7.42. The third kappa shape index (κ3) is 4.27. The molecule has 5 rings (SSSR count). The maximum absolute atomic E-state index is 13.1. The number of likely N-dealkylation sites (tertiary alicyclic amines) is 1. The van der Waals surface area contributed by atoms with Crippen LogP contribution in [-0.4, -0.2) is 93.9 Å². The van der Waals surface area contributed by atoms with Crippen LogP contribution in [0.1, 0.15) is 32.8 Å². The maximum Gasteiger partial charge on any atom is 0.230 e. The molecule has 2 fully saturated rings. The number of aromatic nitrogens is 4. The average Bonchev–Trinajstić information content (AvgIpc) is 3.49. The Balaban J connectivity index is 1.52. The Morgan fingerprint density at radius 2 is 1.89 bits per heavy atom. The maximum atomic E-state index is 13.1. The number of nitrogens with two attached hydrogens (primary N) is 1. The van der Waals surface area contributed by atoms with Gasteiger partial charge < -0.3 is 30.3 Å². The molecule has 0 bridgehead atoms. The van der Waals surface area contributed by atoms with E-state index in [4.69, 9.17) is 20.4 Å². The van der Waals surface area contributed by atoms with Crippen LogP contribution in [0.2, 0.25) is 0 Å². The number of rotatable bonds is 5. The van der Waals surface area contributed by atoms with Crippen molar-refractivity contribution in [3.05, 3.63) is 18.0 Å². The summed E-state index contributed by atoms with van der Waals surface area (Å²) in [6.07, 6.45) is 5.05. The fourth-order valence-electron chi connectivity index (χ4n) is 5.21. The van der Waals surface area contributed by atoms with Gasteiger partial charge in [0.2, 0.25) is 17.8 Å². The Morgan fingerprint density at radius 3 is 2.57 bits per heavy atom. The first-order chi connectivity index (χ1) is 16.7. The third-order valence-corrected chi connectivity index (χ3v) is 7.42. The van der Waals surface area contributed by atoms with Crippen molar-refractivity contribution in [1.29, 1.82) is 0 Å². The number of amides is 1. The van der Waals surface area contributed by atoms with Crippen molar-refractivity contribution in [2.24, 2.45) is 5.41 Å². The summed E-state index contributed by atoms with van der Waals surface area (Å²) in [6.45, 7) is 10.4. The van der Waals surface area contributed by atoms with Crippen LogP contribution in [0.4, 0.5) is 17.7 Å². The lowest BCUT2D eigenvalue weighted by atomic mass is 9.93. The normalized spacial score (nSPS) is 22.6. The van der Waals surface area contributed by atoms with Crippen LogP contribution in [0.5, 0.6) is 0 Å². The number of ether oxygens (including phenoxy) is 1. The van der Waals surface area contributed by atoms with Gasteiger partial charge in [0.25, 0.3) is 0 Å². The van der Waals surface area contributed by atoms with Crippen molar-refractivity contribution in [1.82, 2.24) is 24.8 Å². The molecule has 35 heavy (non-hydrogen) atoms. The molecule has 11 nitrogen and oxygen atoms in total. The Labute approximate surface area is 205 Å². The molecule has 1 amide bonds. The van der Waals surface area contributed by atoms with Gasteiger partial charge >= 0.3 is 0 Å². The number of hydrogen-bond acceptors (Lipinski definition) is 10. The van der Waals surface area contributed by atoms with Gasteiger partial charge in [0, 0.05) is 56.2 Å². The summed E-state index contributed by atoms with van der Waals surface area (Å²) >= 11 is 0. The first kappa shape index (κ1) is 23.7. The second-order valence-corrected chi connectivity index (χ2v) is 10.5. The zero-order chi connectivity index (χ0) is 24.8. The van der Waals surface area contributed by atoms with Gasteiger partial charge in [-0.1, -0.05) is 0 Å². The summed E-state index contributed by atoms with van der Waals surface area (Å²) < 4.78 is 5.53. The van der Waals surface area contributed by atoms with E-state index in [0.717, 1.165) is 55.1 Å². The van der Waals surface area contributed by atoms with Crippen LogP contribution >= 0.6 is 0 Å². The van der Waals surface area contributed by atoms with Gasteiger partial charge in [0.1, 0.15) is 5.82 Å². The molecule has 11 heteroatoms. The van der Waals surface area contributed by atoms with Crippen LogP contribution < -0.4 is 15.5 Å². The molecule has 0 radical (unpaired) electrons. The lowest BCUT2D eigenvalue weighted by molar-refractivity contribution is -0.141. The molecule has 188 valence electrons. The molecule has 5 heterocycles. The number of aliphatic hydroxyl groups is 1. The van der Waals surface area contributed by atoms with Gasteiger partial charge in [-0.25, -0.2) is 15.0 Å². The lowest BCUT2D eigenvalue weighted by Gasteiger charge is -2.38. The van der Waals surface area contributed by atoms with Gasteiger partial charge in [0.05, 0.1) is 36.5 Å². The number of fused-ring (bicyclic) bond motifs is 1. The molecule has 0 spiro atoms. The highest BCUT2D eigenvalue weighted by Gasteiger charge is 2.46. The van der Waals surface area contributed by atoms with Crippen LogP contribution in [0.25, 0.3) is 11.3 Å². The number of nitrogen functional groups attached to an aromatic ring is 1. The number of morpholine rings is 1. The molecule has 0 aliphatic carbocycles. The number of carbonyl (C=O) groups excluding carboxylic acids is 1. The monoisotopic (exact) mass is 482 g/mol. The topological polar surface area (TPSA) is 134 Å². The summed E-state index contributed by atoms with van der Waals surface area (Å²) in [5.41, 5.74) is 7.38. The van der Waals surface area contributed by atoms with E-state index < -0.39 is 5.41 Å². The van der Waals surface area contributed by atoms with Crippen LogP contribution in [0.3, 0.4) is 0 Å². The molecule has 3 aliphatic rings. The molecule has 3 aliphatic heterocycles. The van der Waals surface area contributed by atoms with E-state index in [1.165, 1.54) is 0 Å². The Morgan fingerprint density at radius 1 is 1.17 bits per heavy atom. The van der Waals surface area contributed by atoms with Crippen molar-refractivity contribution < 1.29 is 14.6 Å². The Kier molecular flexibility index (Phi) is 6.00. The highest BCUT2D eigenvalue weighted by Crippen LogP contribution is 2.42. The van der Waals surface area contributed by atoms with Crippen molar-refractivity contribution >= 4 is 23.6 Å². The molecule has 0 unspecified atom stereocenters. The van der Waals surface area contributed by atoms with Crippen LogP contribution in [-0.2, 0) is 16.0 Å². The van der Waals surface area contributed by atoms with E-state index in [1.54, 1.807) is 26.2 Å². The van der Waals surface area contributed by atoms with Gasteiger partial charge in [0.15, 0.2) is 0 Å². The molecular weight excluding hydrogens is 448 g/mol. The molecule has 1 atom stereocenters. The SMILES string of the molecule is CC(C)(CO)C(=O)N1CC[C@](C)(N2CCc3c(-c4cnc(N)nc4)nc(N4CCOCC4)nc32)C1. The highest BCUT2D eigenvalue weighted by atomic mass is 16.5. The summed E-state index contributed by atoms with van der Waals surface area (Å²) in [5, 5.41) is 9.70. The number of carbonyl (C=O) groups is 1. The molecule has 0 aromatic carbocycles. The van der Waals surface area contributed by atoms with Crippen molar-refractivity contribution in [3.8, 4) is 11.3 Å². The summed E-state index contributed by atoms with van der Waals surface area (Å²) in [4.78, 5) is 37.8. The minimum atomic E-state index is -0.790. The second-order valence-electron chi connectivity index (χ2n) is 10.5. The van der Waals surface area contributed by atoms with Crippen molar-refractivity contribution in [2.45, 2.75) is 39.2 Å². The van der Waals surface area contributed by atoms with E-state index in [2.05, 4.69) is 26.7 Å². The fourth-order valence-corrected chi connectivity index (χ4v) is 5.21. The number of anilines is 3. The van der Waals surface area contributed by atoms with Gasteiger partial charge in [-0.05, 0) is 33.6 Å². The largest absolute Gasteiger partial charge is 0.395 e. The van der Waals surface area contributed by atoms with Crippen molar-refractivity contribution in [3.63, 3.8) is 0 Å². The quantitative estimate of drug-likeness (QED) is 0.628. The zero-order valence-corrected chi connectivity index (χ0v) is 20.7. The van der Waals surface area contributed by atoms with Gasteiger partial charge in [-0.3, -0.25) is 4.79 Å².